The molecule has 4 saturated carbocycles. The predicted molar refractivity (Wildman–Crippen MR) is 141 cm³/mol. The van der Waals surface area contributed by atoms with Gasteiger partial charge in [0.1, 0.15) is 5.76 Å². The highest BCUT2D eigenvalue weighted by Gasteiger charge is 2.62. The molecule has 4 aliphatic rings. The highest BCUT2D eigenvalue weighted by atomic mass is 16.5. The van der Waals surface area contributed by atoms with Gasteiger partial charge in [-0.25, -0.2) is 5.48 Å². The van der Waals surface area contributed by atoms with E-state index in [0.717, 1.165) is 32.1 Å². The molecule has 1 aromatic rings. The van der Waals surface area contributed by atoms with Crippen molar-refractivity contribution >= 4 is 11.8 Å². The first-order valence-electron chi connectivity index (χ1n) is 14.7. The van der Waals surface area contributed by atoms with E-state index in [0.29, 0.717) is 47.7 Å². The van der Waals surface area contributed by atoms with Crippen molar-refractivity contribution in [3.05, 3.63) is 23.7 Å². The zero-order chi connectivity index (χ0) is 27.2. The predicted octanol–water partition coefficient (Wildman–Crippen LogP) is 4.42. The number of rotatable bonds is 7. The van der Waals surface area contributed by atoms with Crippen LogP contribution in [-0.4, -0.2) is 39.4 Å². The monoisotopic (exact) mass is 530 g/mol. The highest BCUT2D eigenvalue weighted by molar-refractivity contribution is 5.90. The SMILES string of the molecule is C[C@H](CCC(=O)NCc1ccc(C(=O)NO)o1)[C@H]1CCC2[C@H]3C(CC[C@@]21C)[C@@]1(C)CC[C@@H](O)C[C@H]1C[C@@H]3O. The van der Waals surface area contributed by atoms with Crippen molar-refractivity contribution in [3.63, 3.8) is 0 Å². The Morgan fingerprint density at radius 3 is 2.55 bits per heavy atom. The maximum Gasteiger partial charge on any atom is 0.310 e. The summed E-state index contributed by atoms with van der Waals surface area (Å²) in [5, 5.41) is 33.3. The number of amides is 2. The van der Waals surface area contributed by atoms with E-state index in [-0.39, 0.29) is 41.3 Å². The summed E-state index contributed by atoms with van der Waals surface area (Å²) in [5.74, 6) is 2.55. The lowest BCUT2D eigenvalue weighted by Crippen LogP contribution is -2.58. The van der Waals surface area contributed by atoms with E-state index in [4.69, 9.17) is 9.62 Å². The minimum atomic E-state index is -0.721. The molecule has 10 atom stereocenters. The largest absolute Gasteiger partial charge is 0.454 e. The lowest BCUT2D eigenvalue weighted by Gasteiger charge is -2.62. The van der Waals surface area contributed by atoms with E-state index in [1.165, 1.54) is 37.2 Å². The summed E-state index contributed by atoms with van der Waals surface area (Å²) in [6.07, 6.45) is 9.16. The zero-order valence-electron chi connectivity index (χ0n) is 23.1. The molecule has 2 amide bonds. The summed E-state index contributed by atoms with van der Waals surface area (Å²) >= 11 is 0. The van der Waals surface area contributed by atoms with Gasteiger partial charge in [0.25, 0.3) is 0 Å². The van der Waals surface area contributed by atoms with Crippen molar-refractivity contribution in [1.82, 2.24) is 10.8 Å². The number of aliphatic hydroxyl groups is 2. The smallest absolute Gasteiger partial charge is 0.310 e. The molecule has 0 spiro atoms. The van der Waals surface area contributed by atoms with Crippen molar-refractivity contribution in [2.75, 3.05) is 0 Å². The third kappa shape index (κ3) is 4.81. The standard InChI is InChI=1S/C30H46N2O6/c1-17(4-9-26(35)31-16-20-5-8-25(38-20)28(36)32-37)21-6-7-22-27-23(11-13-30(21,22)3)29(2)12-10-19(33)14-18(29)15-24(27)34/h5,8,17-19,21-24,27,33-34,37H,4,6-7,9-16H2,1-3H3,(H,31,35)(H,32,36)/t17-,18+,19-,21-,22?,23?,24+,27+,29+,30-/m1/s1. The average molecular weight is 531 g/mol. The van der Waals surface area contributed by atoms with E-state index >= 15 is 0 Å². The van der Waals surface area contributed by atoms with Crippen LogP contribution in [0.2, 0.25) is 0 Å². The van der Waals surface area contributed by atoms with Crippen molar-refractivity contribution in [2.45, 2.75) is 104 Å². The molecule has 0 radical (unpaired) electrons. The van der Waals surface area contributed by atoms with Crippen LogP contribution in [0.5, 0.6) is 0 Å². The number of fused-ring (bicyclic) bond motifs is 5. The molecule has 0 bridgehead atoms. The third-order valence-electron chi connectivity index (χ3n) is 11.7. The minimum Gasteiger partial charge on any atom is -0.454 e. The zero-order valence-corrected chi connectivity index (χ0v) is 23.1. The average Bonchev–Trinajstić information content (AvgIpc) is 3.51. The van der Waals surface area contributed by atoms with Crippen LogP contribution in [0.15, 0.2) is 16.5 Å². The summed E-state index contributed by atoms with van der Waals surface area (Å²) < 4.78 is 5.34. The van der Waals surface area contributed by atoms with E-state index in [1.807, 2.05) is 0 Å². The van der Waals surface area contributed by atoms with Gasteiger partial charge in [0.05, 0.1) is 18.8 Å². The van der Waals surface area contributed by atoms with E-state index < -0.39 is 5.91 Å². The van der Waals surface area contributed by atoms with E-state index in [1.54, 1.807) is 6.07 Å². The van der Waals surface area contributed by atoms with Crippen molar-refractivity contribution in [2.24, 2.45) is 46.3 Å². The number of carbonyl (C=O) groups excluding carboxylic acids is 2. The lowest BCUT2D eigenvalue weighted by molar-refractivity contribution is -0.174. The fraction of sp³-hybridized carbons (Fsp3) is 0.800. The van der Waals surface area contributed by atoms with Gasteiger partial charge in [-0.1, -0.05) is 20.8 Å². The van der Waals surface area contributed by atoms with Crippen LogP contribution in [0.3, 0.4) is 0 Å². The molecule has 8 heteroatoms. The van der Waals surface area contributed by atoms with Gasteiger partial charge in [0.15, 0.2) is 5.76 Å². The molecule has 1 aromatic heterocycles. The number of aliphatic hydroxyl groups excluding tert-OH is 2. The molecular weight excluding hydrogens is 484 g/mol. The number of nitrogens with one attached hydrogen (secondary N) is 2. The van der Waals surface area contributed by atoms with Crippen molar-refractivity contribution in [1.29, 1.82) is 0 Å². The molecule has 8 nitrogen and oxygen atoms in total. The Balaban J connectivity index is 1.17. The molecule has 1 heterocycles. The number of hydrogen-bond acceptors (Lipinski definition) is 6. The Bertz CT molecular complexity index is 1030. The quantitative estimate of drug-likeness (QED) is 0.262. The first kappa shape index (κ1) is 27.7. The topological polar surface area (TPSA) is 132 Å². The normalized spacial score (nSPS) is 40.9. The minimum absolute atomic E-state index is 0.00204. The van der Waals surface area contributed by atoms with Crippen LogP contribution in [0.1, 0.15) is 101 Å². The van der Waals surface area contributed by atoms with Crippen molar-refractivity contribution in [3.8, 4) is 0 Å². The van der Waals surface area contributed by atoms with Crippen LogP contribution < -0.4 is 10.8 Å². The second-order valence-electron chi connectivity index (χ2n) is 13.5. The van der Waals surface area contributed by atoms with Crippen LogP contribution in [-0.2, 0) is 11.3 Å². The second kappa shape index (κ2) is 10.6. The van der Waals surface area contributed by atoms with Gasteiger partial charge < -0.3 is 19.9 Å². The fourth-order valence-corrected chi connectivity index (χ4v) is 9.66. The summed E-state index contributed by atoms with van der Waals surface area (Å²) in [5.41, 5.74) is 1.97. The first-order chi connectivity index (χ1) is 18.1. The maximum atomic E-state index is 12.6. The Labute approximate surface area is 225 Å². The molecule has 4 fully saturated rings. The van der Waals surface area contributed by atoms with Gasteiger partial charge in [0, 0.05) is 6.42 Å². The van der Waals surface area contributed by atoms with Crippen molar-refractivity contribution < 1.29 is 29.4 Å². The summed E-state index contributed by atoms with van der Waals surface area (Å²) in [6.45, 7) is 7.41. The molecule has 0 aliphatic heterocycles. The Morgan fingerprint density at radius 2 is 1.79 bits per heavy atom. The van der Waals surface area contributed by atoms with Gasteiger partial charge >= 0.3 is 5.91 Å². The molecule has 4 aliphatic carbocycles. The van der Waals surface area contributed by atoms with Gasteiger partial charge in [-0.15, -0.1) is 0 Å². The summed E-state index contributed by atoms with van der Waals surface area (Å²) in [4.78, 5) is 24.0. The molecule has 38 heavy (non-hydrogen) atoms. The van der Waals surface area contributed by atoms with E-state index in [9.17, 15) is 19.8 Å². The molecule has 0 saturated heterocycles. The Morgan fingerprint density at radius 1 is 1.05 bits per heavy atom. The van der Waals surface area contributed by atoms with Gasteiger partial charge in [0.2, 0.25) is 5.91 Å². The summed E-state index contributed by atoms with van der Waals surface area (Å²) in [7, 11) is 0. The summed E-state index contributed by atoms with van der Waals surface area (Å²) in [6, 6.07) is 3.07. The second-order valence-corrected chi connectivity index (χ2v) is 13.5. The first-order valence-corrected chi connectivity index (χ1v) is 14.7. The molecule has 212 valence electrons. The molecule has 5 N–H and O–H groups in total. The highest BCUT2D eigenvalue weighted by Crippen LogP contribution is 2.68. The number of hydroxylamine groups is 1. The third-order valence-corrected chi connectivity index (χ3v) is 11.7. The van der Waals surface area contributed by atoms with Gasteiger partial charge in [-0.3, -0.25) is 14.8 Å². The molecule has 2 unspecified atom stereocenters. The number of hydrogen-bond donors (Lipinski definition) is 5. The van der Waals surface area contributed by atoms with Crippen LogP contribution in [0.4, 0.5) is 0 Å². The maximum absolute atomic E-state index is 12.6. The van der Waals surface area contributed by atoms with Crippen LogP contribution in [0.25, 0.3) is 0 Å². The fourth-order valence-electron chi connectivity index (χ4n) is 9.66. The van der Waals surface area contributed by atoms with Gasteiger partial charge in [-0.05, 0) is 116 Å². The van der Waals surface area contributed by atoms with E-state index in [2.05, 4.69) is 26.1 Å². The Hall–Kier alpha value is -1.90. The van der Waals surface area contributed by atoms with Crippen LogP contribution in [0, 0.1) is 46.3 Å². The molecule has 0 aromatic carbocycles. The van der Waals surface area contributed by atoms with Gasteiger partial charge in [-0.2, -0.15) is 0 Å². The van der Waals surface area contributed by atoms with Crippen LogP contribution >= 0.6 is 0 Å². The molecule has 5 rings (SSSR count). The number of furan rings is 1. The Kier molecular flexibility index (Phi) is 7.70. The number of carbonyl (C=O) groups is 2. The lowest BCUT2D eigenvalue weighted by atomic mass is 9.43. The molecular formula is C30H46N2O6.